The molecule has 1 saturated carbocycles. The zero-order valence-corrected chi connectivity index (χ0v) is 20.9. The first-order valence-electron chi connectivity index (χ1n) is 10.8. The molecule has 1 N–H and O–H groups in total. The molecule has 34 heavy (non-hydrogen) atoms. The van der Waals surface area contributed by atoms with E-state index in [-0.39, 0.29) is 23.2 Å². The Hall–Kier alpha value is -2.27. The molecule has 1 unspecified atom stereocenters. The highest BCUT2D eigenvalue weighted by atomic mass is 127. The second kappa shape index (κ2) is 9.07. The standard InChI is InChI=1S/C24H21ClF3IN4O/c25-16-2-3-18(21-29-7-1-8-31-21)19(11-16)22(34)33-14-23(5-6-23)12-17(33)13-32-20-10-15(4-9-30-20)24(26,27)28/h1-4,7-11,17H,5-6,12-14H2,(H,30,32). The summed E-state index contributed by atoms with van der Waals surface area (Å²) in [4.78, 5) is 24.2. The van der Waals surface area contributed by atoms with Crippen molar-refractivity contribution in [3.8, 4) is 0 Å². The summed E-state index contributed by atoms with van der Waals surface area (Å²) in [5.74, 6) is 0.0254. The fourth-order valence-electron chi connectivity index (χ4n) is 4.47. The number of anilines is 1. The number of nitrogens with one attached hydrogen (secondary N) is 1. The number of pyridine rings is 1. The van der Waals surface area contributed by atoms with Crippen LogP contribution in [0.4, 0.5) is 19.0 Å². The van der Waals surface area contributed by atoms with Crippen molar-refractivity contribution in [1.29, 1.82) is 0 Å². The summed E-state index contributed by atoms with van der Waals surface area (Å²) in [6.45, 7) is 0.954. The molecule has 3 heterocycles. The number of rotatable bonds is 5. The summed E-state index contributed by atoms with van der Waals surface area (Å²) in [6, 6.07) is 7.10. The van der Waals surface area contributed by atoms with Gasteiger partial charge in [0, 0.05) is 42.1 Å². The van der Waals surface area contributed by atoms with Gasteiger partial charge in [0.15, 0.2) is 0 Å². The number of nitrogens with zero attached hydrogens (tertiary/aromatic N) is 3. The molecule has 0 radical (unpaired) electrons. The number of carbonyl (C=O) groups excluding carboxylic acids is 1. The minimum atomic E-state index is -4.44. The van der Waals surface area contributed by atoms with E-state index in [1.807, 2.05) is 17.0 Å². The normalized spacial score (nSPS) is 20.8. The Morgan fingerprint density at radius 1 is 1.26 bits per heavy atom. The molecule has 5 nitrogen and oxygen atoms in total. The molecule has 1 aromatic carbocycles. The van der Waals surface area contributed by atoms with Crippen molar-refractivity contribution in [1.82, 2.24) is 9.88 Å². The Labute approximate surface area is 209 Å². The van der Waals surface area contributed by atoms with Crippen LogP contribution in [0.5, 0.6) is 0 Å². The molecule has 1 spiro atoms. The highest BCUT2D eigenvalue weighted by Gasteiger charge is 2.53. The predicted octanol–water partition coefficient (Wildman–Crippen LogP) is 5.91. The van der Waals surface area contributed by atoms with Crippen molar-refractivity contribution >= 4 is 53.9 Å². The largest absolute Gasteiger partial charge is 0.416 e. The van der Waals surface area contributed by atoms with E-state index in [0.29, 0.717) is 23.7 Å². The number of hydrogen-bond acceptors (Lipinski definition) is 4. The average molecular weight is 601 g/mol. The van der Waals surface area contributed by atoms with Crippen LogP contribution in [0.15, 0.2) is 51.7 Å². The maximum absolute atomic E-state index is 13.8. The number of allylic oxidation sites excluding steroid dienone is 1. The third-order valence-electron chi connectivity index (χ3n) is 6.39. The van der Waals surface area contributed by atoms with Gasteiger partial charge in [0.25, 0.3) is 5.91 Å². The third kappa shape index (κ3) is 4.91. The van der Waals surface area contributed by atoms with Crippen LogP contribution in [-0.4, -0.2) is 44.8 Å². The van der Waals surface area contributed by atoms with Gasteiger partial charge in [-0.05, 0) is 59.1 Å². The maximum atomic E-state index is 13.8. The monoisotopic (exact) mass is 600 g/mol. The lowest BCUT2D eigenvalue weighted by molar-refractivity contribution is -0.137. The Morgan fingerprint density at radius 2 is 2.09 bits per heavy atom. The molecule has 0 bridgehead atoms. The van der Waals surface area contributed by atoms with Crippen LogP contribution in [0.1, 0.15) is 40.7 Å². The summed E-state index contributed by atoms with van der Waals surface area (Å²) in [5, 5.41) is 3.50. The van der Waals surface area contributed by atoms with E-state index in [0.717, 1.165) is 46.8 Å². The molecule has 1 amide bonds. The molecule has 1 aromatic heterocycles. The first-order chi connectivity index (χ1) is 16.2. The highest BCUT2D eigenvalue weighted by molar-refractivity contribution is 14.2. The Morgan fingerprint density at radius 3 is 2.79 bits per heavy atom. The van der Waals surface area contributed by atoms with Crippen LogP contribution >= 0.6 is 32.3 Å². The van der Waals surface area contributed by atoms with Crippen LogP contribution in [0.3, 0.4) is 0 Å². The molecular formula is C24H21ClF3IN4O. The molecule has 10 heteroatoms. The second-order valence-corrected chi connectivity index (χ2v) is 11.6. The lowest BCUT2D eigenvalue weighted by Crippen LogP contribution is -2.40. The number of benzene rings is 1. The van der Waals surface area contributed by atoms with Crippen molar-refractivity contribution in [2.24, 2.45) is 10.4 Å². The van der Waals surface area contributed by atoms with Gasteiger partial charge in [0.05, 0.1) is 11.1 Å². The molecule has 5 rings (SSSR count). The van der Waals surface area contributed by atoms with Crippen LogP contribution in [-0.2, 0) is 6.18 Å². The molecular weight excluding hydrogens is 580 g/mol. The quantitative estimate of drug-likeness (QED) is 0.435. The molecule has 3 aliphatic rings. The lowest BCUT2D eigenvalue weighted by atomic mass is 10.0. The number of alkyl halides is 3. The van der Waals surface area contributed by atoms with Crippen molar-refractivity contribution in [3.63, 3.8) is 0 Å². The fourth-order valence-corrected chi connectivity index (χ4v) is 6.50. The third-order valence-corrected chi connectivity index (χ3v) is 8.85. The Bertz CT molecular complexity index is 1220. The van der Waals surface area contributed by atoms with Crippen LogP contribution in [0, 0.1) is 5.41 Å². The molecule has 2 aliphatic heterocycles. The molecule has 178 valence electrons. The topological polar surface area (TPSA) is 57.6 Å². The van der Waals surface area contributed by atoms with E-state index in [1.165, 1.54) is 0 Å². The van der Waals surface area contributed by atoms with Gasteiger partial charge < -0.3 is 10.2 Å². The number of amides is 1. The van der Waals surface area contributed by atoms with E-state index < -0.39 is 32.5 Å². The highest BCUT2D eigenvalue weighted by Crippen LogP contribution is 2.55. The van der Waals surface area contributed by atoms with E-state index in [1.54, 1.807) is 18.3 Å². The number of halogens is 5. The number of aliphatic imine (C=N–C) groups is 1. The van der Waals surface area contributed by atoms with E-state index in [9.17, 15) is 18.0 Å². The van der Waals surface area contributed by atoms with Gasteiger partial charge in [0.1, 0.15) is 9.45 Å². The van der Waals surface area contributed by atoms with Crippen molar-refractivity contribution in [2.75, 3.05) is 18.4 Å². The number of carbonyl (C=O) groups is 1. The Kier molecular flexibility index (Phi) is 6.26. The maximum Gasteiger partial charge on any atom is 0.416 e. The first kappa shape index (κ1) is 23.5. The minimum absolute atomic E-state index is 0.105. The summed E-state index contributed by atoms with van der Waals surface area (Å²) < 4.78 is 42.2. The number of likely N-dealkylation sites (tertiary alicyclic amines) is 1. The van der Waals surface area contributed by atoms with Gasteiger partial charge in [-0.1, -0.05) is 38.4 Å². The van der Waals surface area contributed by atoms with E-state index >= 15 is 0 Å². The van der Waals surface area contributed by atoms with Gasteiger partial charge in [-0.2, -0.15) is 13.2 Å². The smallest absolute Gasteiger partial charge is 0.368 e. The SMILES string of the molecule is O=C(c1cc(Cl)ccc1C1=IC=CC=N1)N1CC2(CC2)CC1CNc1cc(C(F)(F)F)ccn1. The van der Waals surface area contributed by atoms with Gasteiger partial charge >= 0.3 is 6.18 Å². The van der Waals surface area contributed by atoms with Gasteiger partial charge in [-0.25, -0.2) is 4.98 Å². The molecule has 1 aliphatic carbocycles. The number of hydrogen-bond donors (Lipinski definition) is 1. The van der Waals surface area contributed by atoms with Crippen LogP contribution in [0.25, 0.3) is 0 Å². The summed E-state index contributed by atoms with van der Waals surface area (Å²) in [5.41, 5.74) is 0.669. The van der Waals surface area contributed by atoms with E-state index in [2.05, 4.69) is 19.4 Å². The summed E-state index contributed by atoms with van der Waals surface area (Å²) in [7, 11) is 0. The van der Waals surface area contributed by atoms with Gasteiger partial charge in [-0.3, -0.25) is 9.79 Å². The zero-order chi connectivity index (χ0) is 23.9. The van der Waals surface area contributed by atoms with Gasteiger partial charge in [0.2, 0.25) is 0 Å². The van der Waals surface area contributed by atoms with Crippen molar-refractivity contribution < 1.29 is 18.0 Å². The molecule has 1 saturated heterocycles. The molecule has 2 aromatic rings. The molecule has 2 fully saturated rings. The fraction of sp³-hybridized carbons (Fsp3) is 0.333. The lowest BCUT2D eigenvalue weighted by Gasteiger charge is -2.26. The predicted molar refractivity (Wildman–Crippen MR) is 136 cm³/mol. The second-order valence-electron chi connectivity index (χ2n) is 8.79. The van der Waals surface area contributed by atoms with Crippen LogP contribution < -0.4 is 5.32 Å². The number of aromatic nitrogens is 1. The molecule has 1 atom stereocenters. The summed E-state index contributed by atoms with van der Waals surface area (Å²) >= 11 is 5.82. The van der Waals surface area contributed by atoms with Crippen LogP contribution in [0.2, 0.25) is 5.02 Å². The van der Waals surface area contributed by atoms with Crippen molar-refractivity contribution in [3.05, 3.63) is 68.4 Å². The van der Waals surface area contributed by atoms with Gasteiger partial charge in [-0.15, -0.1) is 0 Å². The minimum Gasteiger partial charge on any atom is -0.368 e. The first-order valence-corrected chi connectivity index (χ1v) is 13.5. The summed E-state index contributed by atoms with van der Waals surface area (Å²) in [6.07, 6.45) is 3.26. The average Bonchev–Trinajstić information content (AvgIpc) is 3.48. The van der Waals surface area contributed by atoms with Crippen molar-refractivity contribution in [2.45, 2.75) is 31.5 Å². The Balaban J connectivity index is 1.39. The van der Waals surface area contributed by atoms with E-state index in [4.69, 9.17) is 11.6 Å². The zero-order valence-electron chi connectivity index (χ0n) is 17.9.